The minimum Gasteiger partial charge on any atom is -0.478 e. The number of carbonyl (C=O) groups is 1. The van der Waals surface area contributed by atoms with Crippen molar-refractivity contribution >= 4 is 11.6 Å². The number of likely N-dealkylation sites (N-methyl/N-ethyl adjacent to an activating group) is 1. The first-order valence-corrected chi connectivity index (χ1v) is 7.11. The largest absolute Gasteiger partial charge is 0.478 e. The summed E-state index contributed by atoms with van der Waals surface area (Å²) in [6.45, 7) is 5.48. The Morgan fingerprint density at radius 2 is 2.40 bits per heavy atom. The number of piperidine rings is 1. The second kappa shape index (κ2) is 5.25. The molecule has 1 atom stereocenters. The molecule has 20 heavy (non-hydrogen) atoms. The van der Waals surface area contributed by atoms with E-state index in [1.54, 1.807) is 18.3 Å². The molecule has 2 aromatic heterocycles. The van der Waals surface area contributed by atoms with Crippen molar-refractivity contribution in [1.29, 1.82) is 0 Å². The van der Waals surface area contributed by atoms with Crippen LogP contribution in [-0.2, 0) is 0 Å². The number of hydrogen-bond acceptors (Lipinski definition) is 3. The van der Waals surface area contributed by atoms with Crippen molar-refractivity contribution in [2.75, 3.05) is 19.6 Å². The van der Waals surface area contributed by atoms with Gasteiger partial charge < -0.3 is 14.4 Å². The van der Waals surface area contributed by atoms with Crippen molar-refractivity contribution in [1.82, 2.24) is 14.3 Å². The minimum absolute atomic E-state index is 0.286. The molecular weight excluding hydrogens is 254 g/mol. The lowest BCUT2D eigenvalue weighted by Crippen LogP contribution is -2.34. The fourth-order valence-corrected chi connectivity index (χ4v) is 2.92. The Morgan fingerprint density at radius 1 is 1.55 bits per heavy atom. The molecule has 1 unspecified atom stereocenters. The molecule has 1 aliphatic rings. The molecule has 0 amide bonds. The second-order valence-corrected chi connectivity index (χ2v) is 5.38. The lowest BCUT2D eigenvalue weighted by atomic mass is 9.95. The average Bonchev–Trinajstić information content (AvgIpc) is 2.90. The van der Waals surface area contributed by atoms with E-state index in [0.717, 1.165) is 25.2 Å². The molecular formula is C15H19N3O2. The second-order valence-electron chi connectivity index (χ2n) is 5.38. The summed E-state index contributed by atoms with van der Waals surface area (Å²) in [5.41, 5.74) is 2.08. The third-order valence-corrected chi connectivity index (χ3v) is 4.10. The van der Waals surface area contributed by atoms with E-state index in [-0.39, 0.29) is 5.56 Å². The van der Waals surface area contributed by atoms with Crippen LogP contribution in [0.15, 0.2) is 24.5 Å². The molecule has 1 fully saturated rings. The van der Waals surface area contributed by atoms with E-state index in [1.807, 2.05) is 10.6 Å². The molecule has 2 aromatic rings. The van der Waals surface area contributed by atoms with Gasteiger partial charge in [-0.1, -0.05) is 6.92 Å². The van der Waals surface area contributed by atoms with Gasteiger partial charge in [-0.15, -0.1) is 0 Å². The number of rotatable bonds is 3. The number of pyridine rings is 1. The van der Waals surface area contributed by atoms with Crippen LogP contribution in [0.2, 0.25) is 0 Å². The SMILES string of the molecule is CCN1CCCC(c2cn3ccc(C(=O)O)cc3n2)C1. The van der Waals surface area contributed by atoms with Crippen molar-refractivity contribution in [2.45, 2.75) is 25.7 Å². The van der Waals surface area contributed by atoms with Crippen LogP contribution in [-0.4, -0.2) is 45.0 Å². The monoisotopic (exact) mass is 273 g/mol. The maximum atomic E-state index is 11.0. The Kier molecular flexibility index (Phi) is 3.44. The molecule has 5 nitrogen and oxygen atoms in total. The van der Waals surface area contributed by atoms with Crippen LogP contribution in [0.3, 0.4) is 0 Å². The average molecular weight is 273 g/mol. The predicted octanol–water partition coefficient (Wildman–Crippen LogP) is 2.23. The molecule has 1 saturated heterocycles. The number of carboxylic acid groups (broad SMARTS) is 1. The van der Waals surface area contributed by atoms with Gasteiger partial charge in [-0.05, 0) is 38.1 Å². The van der Waals surface area contributed by atoms with Gasteiger partial charge in [-0.2, -0.15) is 0 Å². The van der Waals surface area contributed by atoms with Crippen LogP contribution in [0.25, 0.3) is 5.65 Å². The number of aromatic nitrogens is 2. The van der Waals surface area contributed by atoms with Gasteiger partial charge in [0.05, 0.1) is 11.3 Å². The summed E-state index contributed by atoms with van der Waals surface area (Å²) in [7, 11) is 0. The Bertz CT molecular complexity index is 635. The summed E-state index contributed by atoms with van der Waals surface area (Å²) >= 11 is 0. The van der Waals surface area contributed by atoms with Crippen LogP contribution in [0.1, 0.15) is 41.7 Å². The van der Waals surface area contributed by atoms with Crippen molar-refractivity contribution in [2.24, 2.45) is 0 Å². The maximum absolute atomic E-state index is 11.0. The smallest absolute Gasteiger partial charge is 0.335 e. The molecule has 0 saturated carbocycles. The van der Waals surface area contributed by atoms with E-state index in [1.165, 1.54) is 13.0 Å². The van der Waals surface area contributed by atoms with Crippen LogP contribution >= 0.6 is 0 Å². The number of nitrogens with zero attached hydrogens (tertiary/aromatic N) is 3. The molecule has 1 aliphatic heterocycles. The molecule has 1 N–H and O–H groups in total. The minimum atomic E-state index is -0.910. The number of hydrogen-bond donors (Lipinski definition) is 1. The van der Waals surface area contributed by atoms with Crippen molar-refractivity contribution in [3.8, 4) is 0 Å². The highest BCUT2D eigenvalue weighted by Gasteiger charge is 2.22. The first-order valence-electron chi connectivity index (χ1n) is 7.11. The van der Waals surface area contributed by atoms with E-state index in [2.05, 4.69) is 16.8 Å². The van der Waals surface area contributed by atoms with Gasteiger partial charge in [-0.25, -0.2) is 9.78 Å². The van der Waals surface area contributed by atoms with Crippen LogP contribution in [0.5, 0.6) is 0 Å². The highest BCUT2D eigenvalue weighted by Crippen LogP contribution is 2.26. The third-order valence-electron chi connectivity index (χ3n) is 4.10. The van der Waals surface area contributed by atoms with Gasteiger partial charge in [-0.3, -0.25) is 0 Å². The first-order chi connectivity index (χ1) is 9.67. The molecule has 3 rings (SSSR count). The molecule has 106 valence electrons. The van der Waals surface area contributed by atoms with Crippen molar-refractivity contribution in [3.05, 3.63) is 35.8 Å². The molecule has 0 aromatic carbocycles. The topological polar surface area (TPSA) is 57.8 Å². The van der Waals surface area contributed by atoms with Gasteiger partial charge in [0.25, 0.3) is 0 Å². The fourth-order valence-electron chi connectivity index (χ4n) is 2.92. The number of carboxylic acids is 1. The zero-order valence-electron chi connectivity index (χ0n) is 11.6. The van der Waals surface area contributed by atoms with Gasteiger partial charge in [0.2, 0.25) is 0 Å². The number of imidazole rings is 1. The van der Waals surface area contributed by atoms with E-state index in [9.17, 15) is 4.79 Å². The standard InChI is InChI=1S/C15H19N3O2/c1-2-17-6-3-4-12(9-17)13-10-18-7-5-11(15(19)20)8-14(18)16-13/h5,7-8,10,12H,2-4,6,9H2,1H3,(H,19,20). The molecule has 0 aliphatic carbocycles. The number of likely N-dealkylation sites (tertiary alicyclic amines) is 1. The van der Waals surface area contributed by atoms with Crippen LogP contribution in [0, 0.1) is 0 Å². The Balaban J connectivity index is 1.90. The normalized spacial score (nSPS) is 20.4. The van der Waals surface area contributed by atoms with Gasteiger partial charge >= 0.3 is 5.97 Å². The summed E-state index contributed by atoms with van der Waals surface area (Å²) in [5, 5.41) is 9.02. The van der Waals surface area contributed by atoms with Crippen LogP contribution in [0.4, 0.5) is 0 Å². The predicted molar refractivity (Wildman–Crippen MR) is 76.2 cm³/mol. The van der Waals surface area contributed by atoms with E-state index in [0.29, 0.717) is 11.6 Å². The molecule has 0 radical (unpaired) electrons. The van der Waals surface area contributed by atoms with E-state index < -0.39 is 5.97 Å². The maximum Gasteiger partial charge on any atom is 0.335 e. The summed E-state index contributed by atoms with van der Waals surface area (Å²) < 4.78 is 1.91. The zero-order chi connectivity index (χ0) is 14.1. The number of fused-ring (bicyclic) bond motifs is 1. The van der Waals surface area contributed by atoms with E-state index >= 15 is 0 Å². The Morgan fingerprint density at radius 3 is 3.15 bits per heavy atom. The molecule has 0 spiro atoms. The lowest BCUT2D eigenvalue weighted by molar-refractivity contribution is 0.0697. The lowest BCUT2D eigenvalue weighted by Gasteiger charge is -2.30. The summed E-state index contributed by atoms with van der Waals surface area (Å²) in [6, 6.07) is 3.24. The first kappa shape index (κ1) is 13.1. The van der Waals surface area contributed by atoms with E-state index in [4.69, 9.17) is 5.11 Å². The molecule has 3 heterocycles. The fraction of sp³-hybridized carbons (Fsp3) is 0.467. The Hall–Kier alpha value is -1.88. The quantitative estimate of drug-likeness (QED) is 0.931. The van der Waals surface area contributed by atoms with Crippen LogP contribution < -0.4 is 0 Å². The number of aromatic carboxylic acids is 1. The highest BCUT2D eigenvalue weighted by molar-refractivity contribution is 5.88. The summed E-state index contributed by atoms with van der Waals surface area (Å²) in [5.74, 6) is -0.455. The summed E-state index contributed by atoms with van der Waals surface area (Å²) in [6.07, 6.45) is 6.17. The van der Waals surface area contributed by atoms with Gasteiger partial charge in [0.15, 0.2) is 0 Å². The van der Waals surface area contributed by atoms with Gasteiger partial charge in [0, 0.05) is 24.9 Å². The highest BCUT2D eigenvalue weighted by atomic mass is 16.4. The van der Waals surface area contributed by atoms with Crippen molar-refractivity contribution in [3.63, 3.8) is 0 Å². The Labute approximate surface area is 117 Å². The zero-order valence-corrected chi connectivity index (χ0v) is 11.6. The van der Waals surface area contributed by atoms with Crippen molar-refractivity contribution < 1.29 is 9.90 Å². The third kappa shape index (κ3) is 2.41. The molecule has 5 heteroatoms. The summed E-state index contributed by atoms with van der Waals surface area (Å²) in [4.78, 5) is 18.1. The van der Waals surface area contributed by atoms with Gasteiger partial charge in [0.1, 0.15) is 5.65 Å². The molecule has 0 bridgehead atoms.